The van der Waals surface area contributed by atoms with Gasteiger partial charge in [-0.3, -0.25) is 4.79 Å². The van der Waals surface area contributed by atoms with E-state index >= 15 is 0 Å². The summed E-state index contributed by atoms with van der Waals surface area (Å²) in [7, 11) is 0. The molecule has 2 saturated carbocycles. The average molecular weight is 301 g/mol. The fraction of sp³-hybridized carbons (Fsp3) is 0.938. The molecule has 3 nitrogen and oxygen atoms in total. The van der Waals surface area contributed by atoms with Gasteiger partial charge in [-0.05, 0) is 51.0 Å². The topological polar surface area (TPSA) is 32.3 Å². The molecule has 0 bridgehead atoms. The molecule has 0 aromatic carbocycles. The minimum absolute atomic E-state index is 0. The molecule has 1 aliphatic heterocycles. The maximum Gasteiger partial charge on any atom is 0.227 e. The first-order chi connectivity index (χ1) is 9.34. The molecule has 116 valence electrons. The fourth-order valence-electron chi connectivity index (χ4n) is 3.69. The molecule has 3 rings (SSSR count). The Kier molecular flexibility index (Phi) is 6.16. The van der Waals surface area contributed by atoms with Gasteiger partial charge in [0, 0.05) is 19.1 Å². The van der Waals surface area contributed by atoms with Gasteiger partial charge in [0.15, 0.2) is 0 Å². The second kappa shape index (κ2) is 7.65. The Bertz CT molecular complexity index is 308. The zero-order valence-corrected chi connectivity index (χ0v) is 13.3. The maximum atomic E-state index is 12.8. The Morgan fingerprint density at radius 1 is 1.00 bits per heavy atom. The van der Waals surface area contributed by atoms with Gasteiger partial charge < -0.3 is 10.2 Å². The molecule has 1 unspecified atom stereocenters. The number of hydrogen-bond donors (Lipinski definition) is 1. The van der Waals surface area contributed by atoms with Crippen LogP contribution in [0.2, 0.25) is 0 Å². The summed E-state index contributed by atoms with van der Waals surface area (Å²) in [5.74, 6) is 1.54. The van der Waals surface area contributed by atoms with Crippen LogP contribution < -0.4 is 5.32 Å². The second-order valence-corrected chi connectivity index (χ2v) is 6.77. The van der Waals surface area contributed by atoms with Crippen LogP contribution >= 0.6 is 12.4 Å². The highest BCUT2D eigenvalue weighted by molar-refractivity contribution is 5.85. The van der Waals surface area contributed by atoms with Crippen molar-refractivity contribution in [3.05, 3.63) is 0 Å². The standard InChI is InChI=1S/C16H28N2O.ClH/c19-16(14-5-4-10-17-11-14)18(12-13-8-9-13)15-6-2-1-3-7-15;/h13-15,17H,1-12H2;1H. The van der Waals surface area contributed by atoms with Gasteiger partial charge in [0.25, 0.3) is 0 Å². The summed E-state index contributed by atoms with van der Waals surface area (Å²) in [6.07, 6.45) is 11.5. The molecule has 0 radical (unpaired) electrons. The molecule has 1 heterocycles. The summed E-state index contributed by atoms with van der Waals surface area (Å²) < 4.78 is 0. The van der Waals surface area contributed by atoms with Crippen LogP contribution in [0.25, 0.3) is 0 Å². The van der Waals surface area contributed by atoms with E-state index in [4.69, 9.17) is 0 Å². The minimum Gasteiger partial charge on any atom is -0.339 e. The lowest BCUT2D eigenvalue weighted by atomic mass is 9.91. The Morgan fingerprint density at radius 2 is 1.75 bits per heavy atom. The van der Waals surface area contributed by atoms with Crippen LogP contribution in [0, 0.1) is 11.8 Å². The Labute approximate surface area is 129 Å². The van der Waals surface area contributed by atoms with E-state index in [2.05, 4.69) is 10.2 Å². The zero-order valence-electron chi connectivity index (χ0n) is 12.5. The number of carbonyl (C=O) groups is 1. The molecule has 1 amide bonds. The second-order valence-electron chi connectivity index (χ2n) is 6.77. The SMILES string of the molecule is Cl.O=C(C1CCCNC1)N(CC1CC1)C1CCCCC1. The Morgan fingerprint density at radius 3 is 2.35 bits per heavy atom. The molecular weight excluding hydrogens is 272 g/mol. The predicted octanol–water partition coefficient (Wildman–Crippen LogP) is 2.98. The molecule has 20 heavy (non-hydrogen) atoms. The normalized spacial score (nSPS) is 27.7. The summed E-state index contributed by atoms with van der Waals surface area (Å²) in [6, 6.07) is 0.559. The van der Waals surface area contributed by atoms with Gasteiger partial charge in [-0.1, -0.05) is 19.3 Å². The van der Waals surface area contributed by atoms with Crippen molar-refractivity contribution in [1.82, 2.24) is 10.2 Å². The van der Waals surface area contributed by atoms with E-state index in [0.717, 1.165) is 32.0 Å². The van der Waals surface area contributed by atoms with Crippen molar-refractivity contribution in [2.45, 2.75) is 63.8 Å². The van der Waals surface area contributed by atoms with Gasteiger partial charge in [-0.15, -0.1) is 12.4 Å². The van der Waals surface area contributed by atoms with Crippen molar-refractivity contribution in [2.24, 2.45) is 11.8 Å². The van der Waals surface area contributed by atoms with E-state index in [1.54, 1.807) is 0 Å². The number of carbonyl (C=O) groups excluding carboxylic acids is 1. The summed E-state index contributed by atoms with van der Waals surface area (Å²) in [5.41, 5.74) is 0. The van der Waals surface area contributed by atoms with Crippen LogP contribution in [-0.4, -0.2) is 36.5 Å². The van der Waals surface area contributed by atoms with Crippen LogP contribution in [0.1, 0.15) is 57.8 Å². The molecule has 0 aromatic heterocycles. The van der Waals surface area contributed by atoms with Crippen molar-refractivity contribution >= 4 is 18.3 Å². The predicted molar refractivity (Wildman–Crippen MR) is 84.2 cm³/mol. The number of hydrogen-bond acceptors (Lipinski definition) is 2. The third-order valence-corrected chi connectivity index (χ3v) is 5.10. The third kappa shape index (κ3) is 4.11. The summed E-state index contributed by atoms with van der Waals surface area (Å²) in [6.45, 7) is 3.06. The molecule has 3 aliphatic rings. The summed E-state index contributed by atoms with van der Waals surface area (Å²) in [5, 5.41) is 3.39. The first kappa shape index (κ1) is 16.1. The maximum absolute atomic E-state index is 12.8. The number of rotatable bonds is 4. The number of amides is 1. The third-order valence-electron chi connectivity index (χ3n) is 5.10. The van der Waals surface area contributed by atoms with Gasteiger partial charge in [-0.2, -0.15) is 0 Å². The molecule has 1 atom stereocenters. The van der Waals surface area contributed by atoms with Crippen LogP contribution in [0.3, 0.4) is 0 Å². The molecule has 4 heteroatoms. The van der Waals surface area contributed by atoms with E-state index in [0.29, 0.717) is 11.9 Å². The number of nitrogens with one attached hydrogen (secondary N) is 1. The van der Waals surface area contributed by atoms with Crippen LogP contribution in [0.5, 0.6) is 0 Å². The zero-order chi connectivity index (χ0) is 13.1. The van der Waals surface area contributed by atoms with Crippen LogP contribution in [0.4, 0.5) is 0 Å². The number of halogens is 1. The number of piperidine rings is 1. The van der Waals surface area contributed by atoms with E-state index in [9.17, 15) is 4.79 Å². The van der Waals surface area contributed by atoms with Crippen molar-refractivity contribution in [3.8, 4) is 0 Å². The smallest absolute Gasteiger partial charge is 0.227 e. The largest absolute Gasteiger partial charge is 0.339 e. The van der Waals surface area contributed by atoms with Crippen molar-refractivity contribution < 1.29 is 4.79 Å². The summed E-state index contributed by atoms with van der Waals surface area (Å²) >= 11 is 0. The quantitative estimate of drug-likeness (QED) is 0.866. The lowest BCUT2D eigenvalue weighted by Crippen LogP contribution is -2.48. The number of nitrogens with zero attached hydrogens (tertiary/aromatic N) is 1. The lowest BCUT2D eigenvalue weighted by molar-refractivity contribution is -0.139. The molecule has 0 spiro atoms. The van der Waals surface area contributed by atoms with Gasteiger partial charge in [0.05, 0.1) is 5.92 Å². The van der Waals surface area contributed by atoms with Crippen molar-refractivity contribution in [2.75, 3.05) is 19.6 Å². The molecule has 2 aliphatic carbocycles. The van der Waals surface area contributed by atoms with Gasteiger partial charge >= 0.3 is 0 Å². The average Bonchev–Trinajstić information content (AvgIpc) is 3.30. The van der Waals surface area contributed by atoms with E-state index in [-0.39, 0.29) is 18.3 Å². The first-order valence-corrected chi connectivity index (χ1v) is 8.36. The fourth-order valence-corrected chi connectivity index (χ4v) is 3.69. The Balaban J connectivity index is 0.00000147. The molecule has 1 N–H and O–H groups in total. The highest BCUT2D eigenvalue weighted by atomic mass is 35.5. The molecule has 3 fully saturated rings. The van der Waals surface area contributed by atoms with Gasteiger partial charge in [-0.25, -0.2) is 0 Å². The van der Waals surface area contributed by atoms with E-state index in [1.807, 2.05) is 0 Å². The van der Waals surface area contributed by atoms with Crippen molar-refractivity contribution in [3.63, 3.8) is 0 Å². The summed E-state index contributed by atoms with van der Waals surface area (Å²) in [4.78, 5) is 15.1. The minimum atomic E-state index is 0. The van der Waals surface area contributed by atoms with E-state index in [1.165, 1.54) is 51.4 Å². The molecule has 1 saturated heterocycles. The van der Waals surface area contributed by atoms with Crippen LogP contribution in [0.15, 0.2) is 0 Å². The van der Waals surface area contributed by atoms with E-state index < -0.39 is 0 Å². The Hall–Kier alpha value is -0.280. The monoisotopic (exact) mass is 300 g/mol. The molecular formula is C16H29ClN2O. The highest BCUT2D eigenvalue weighted by Crippen LogP contribution is 2.33. The van der Waals surface area contributed by atoms with Crippen molar-refractivity contribution in [1.29, 1.82) is 0 Å². The van der Waals surface area contributed by atoms with Gasteiger partial charge in [0.1, 0.15) is 0 Å². The molecule has 0 aromatic rings. The van der Waals surface area contributed by atoms with Crippen LogP contribution in [-0.2, 0) is 4.79 Å². The first-order valence-electron chi connectivity index (χ1n) is 8.36. The highest BCUT2D eigenvalue weighted by Gasteiger charge is 2.35. The van der Waals surface area contributed by atoms with Gasteiger partial charge in [0.2, 0.25) is 5.91 Å². The lowest BCUT2D eigenvalue weighted by Gasteiger charge is -2.37.